The first-order valence-electron chi connectivity index (χ1n) is 7.85. The molecule has 2 N–H and O–H groups in total. The molecule has 2 rings (SSSR count). The first kappa shape index (κ1) is 20.1. The van der Waals surface area contributed by atoms with Crippen LogP contribution in [0.1, 0.15) is 18.1 Å². The van der Waals surface area contributed by atoms with Crippen molar-refractivity contribution in [2.45, 2.75) is 13.5 Å². The lowest BCUT2D eigenvalue weighted by molar-refractivity contribution is 0.284. The Morgan fingerprint density at radius 1 is 1.27 bits per heavy atom. The summed E-state index contributed by atoms with van der Waals surface area (Å²) in [5, 5.41) is 7.48. The molecule has 0 fully saturated rings. The van der Waals surface area contributed by atoms with Gasteiger partial charge in [-0.2, -0.15) is 5.10 Å². The van der Waals surface area contributed by atoms with Gasteiger partial charge in [-0.1, -0.05) is 12.1 Å². The van der Waals surface area contributed by atoms with E-state index >= 15 is 0 Å². The topological polar surface area (TPSA) is 54.9 Å². The number of hydrazone groups is 1. The molecule has 5 nitrogen and oxygen atoms in total. The Hall–Kier alpha value is -2.19. The molecule has 0 saturated heterocycles. The summed E-state index contributed by atoms with van der Waals surface area (Å²) in [5.74, 6) is 0.850. The fourth-order valence-corrected chi connectivity index (χ4v) is 2.65. The molecule has 0 aliphatic carbocycles. The Balaban J connectivity index is 2.08. The zero-order valence-electron chi connectivity index (χ0n) is 14.4. The number of thiocarbonyl (C=S) groups is 1. The van der Waals surface area contributed by atoms with Crippen molar-refractivity contribution in [3.8, 4) is 11.5 Å². The minimum atomic E-state index is -0.278. The van der Waals surface area contributed by atoms with Gasteiger partial charge in [-0.15, -0.1) is 0 Å². The number of benzene rings is 2. The van der Waals surface area contributed by atoms with Gasteiger partial charge in [0.1, 0.15) is 12.4 Å². The third kappa shape index (κ3) is 5.96. The highest BCUT2D eigenvalue weighted by molar-refractivity contribution is 9.10. The summed E-state index contributed by atoms with van der Waals surface area (Å²) in [7, 11) is 1.56. The van der Waals surface area contributed by atoms with Crippen molar-refractivity contribution in [2.75, 3.05) is 13.7 Å². The van der Waals surface area contributed by atoms with Crippen LogP contribution in [-0.2, 0) is 6.61 Å². The van der Waals surface area contributed by atoms with Gasteiger partial charge in [0.25, 0.3) is 0 Å². The predicted molar refractivity (Wildman–Crippen MR) is 108 cm³/mol. The first-order valence-corrected chi connectivity index (χ1v) is 9.05. The van der Waals surface area contributed by atoms with Gasteiger partial charge in [-0.3, -0.25) is 5.43 Å². The molecule has 0 radical (unpaired) electrons. The molecule has 0 unspecified atom stereocenters. The van der Waals surface area contributed by atoms with E-state index in [4.69, 9.17) is 21.7 Å². The molecular weight excluding hydrogens is 421 g/mol. The predicted octanol–water partition coefficient (Wildman–Crippen LogP) is 3.99. The van der Waals surface area contributed by atoms with Crippen LogP contribution in [0, 0.1) is 5.82 Å². The molecule has 0 aliphatic rings. The number of rotatable bonds is 7. The van der Waals surface area contributed by atoms with E-state index in [1.54, 1.807) is 37.6 Å². The fraction of sp³-hybridized carbons (Fsp3) is 0.222. The van der Waals surface area contributed by atoms with Gasteiger partial charge in [0.05, 0.1) is 13.3 Å². The van der Waals surface area contributed by atoms with Crippen LogP contribution in [0.4, 0.5) is 4.39 Å². The molecule has 0 spiro atoms. The second-order valence-electron chi connectivity index (χ2n) is 5.17. The van der Waals surface area contributed by atoms with Crippen LogP contribution >= 0.6 is 28.1 Å². The number of nitrogens with zero attached hydrogens (tertiary/aromatic N) is 1. The molecule has 138 valence electrons. The summed E-state index contributed by atoms with van der Waals surface area (Å²) in [6.45, 7) is 2.97. The first-order chi connectivity index (χ1) is 12.5. The van der Waals surface area contributed by atoms with Gasteiger partial charge in [-0.25, -0.2) is 4.39 Å². The number of halogens is 2. The largest absolute Gasteiger partial charge is 0.493 e. The van der Waals surface area contributed by atoms with Gasteiger partial charge in [0, 0.05) is 16.6 Å². The summed E-state index contributed by atoms with van der Waals surface area (Å²) < 4.78 is 24.9. The van der Waals surface area contributed by atoms with Crippen molar-refractivity contribution in [3.05, 3.63) is 57.8 Å². The van der Waals surface area contributed by atoms with Crippen LogP contribution in [0.15, 0.2) is 46.0 Å². The Bertz CT molecular complexity index is 785. The Morgan fingerprint density at radius 3 is 2.65 bits per heavy atom. The van der Waals surface area contributed by atoms with Crippen molar-refractivity contribution >= 4 is 39.5 Å². The Labute approximate surface area is 165 Å². The zero-order valence-corrected chi connectivity index (χ0v) is 16.8. The van der Waals surface area contributed by atoms with Crippen molar-refractivity contribution in [2.24, 2.45) is 5.10 Å². The molecule has 0 saturated carbocycles. The minimum absolute atomic E-state index is 0.278. The molecule has 2 aromatic rings. The van der Waals surface area contributed by atoms with Crippen LogP contribution in [0.3, 0.4) is 0 Å². The second kappa shape index (κ2) is 10.1. The van der Waals surface area contributed by atoms with Crippen LogP contribution in [0.25, 0.3) is 0 Å². The standard InChI is InChI=1S/C18H19BrFN3O2S/c1-3-21-18(26)23-22-10-13-8-16(24-2)17(9-15(13)19)25-11-12-4-6-14(20)7-5-12/h4-10H,3,11H2,1-2H3,(H2,21,23,26). The van der Waals surface area contributed by atoms with Crippen LogP contribution in [-0.4, -0.2) is 25.0 Å². The summed E-state index contributed by atoms with van der Waals surface area (Å²) in [4.78, 5) is 0. The summed E-state index contributed by atoms with van der Waals surface area (Å²) in [6, 6.07) is 9.75. The van der Waals surface area contributed by atoms with Crippen molar-refractivity contribution in [3.63, 3.8) is 0 Å². The number of methoxy groups -OCH3 is 1. The number of ether oxygens (including phenoxy) is 2. The van der Waals surface area contributed by atoms with E-state index in [9.17, 15) is 4.39 Å². The maximum Gasteiger partial charge on any atom is 0.186 e. The smallest absolute Gasteiger partial charge is 0.186 e. The average Bonchev–Trinajstić information content (AvgIpc) is 2.63. The molecule has 2 aromatic carbocycles. The van der Waals surface area contributed by atoms with Gasteiger partial charge in [0.2, 0.25) is 0 Å². The average molecular weight is 440 g/mol. The molecule has 8 heteroatoms. The highest BCUT2D eigenvalue weighted by atomic mass is 79.9. The molecule has 0 bridgehead atoms. The Kier molecular flexibility index (Phi) is 7.80. The fourth-order valence-electron chi connectivity index (χ4n) is 2.02. The normalized spacial score (nSPS) is 10.6. The molecule has 0 amide bonds. The van der Waals surface area contributed by atoms with E-state index in [1.807, 2.05) is 6.92 Å². The zero-order chi connectivity index (χ0) is 18.9. The SMILES string of the molecule is CCNC(=S)NN=Cc1cc(OC)c(OCc2ccc(F)cc2)cc1Br. The van der Waals surface area contributed by atoms with E-state index in [1.165, 1.54) is 12.1 Å². The maximum atomic E-state index is 13.0. The highest BCUT2D eigenvalue weighted by Gasteiger charge is 2.10. The molecule has 0 aliphatic heterocycles. The van der Waals surface area contributed by atoms with Gasteiger partial charge < -0.3 is 14.8 Å². The van der Waals surface area contributed by atoms with Crippen LogP contribution < -0.4 is 20.2 Å². The van der Waals surface area contributed by atoms with E-state index in [-0.39, 0.29) is 5.82 Å². The molecule has 26 heavy (non-hydrogen) atoms. The van der Waals surface area contributed by atoms with Gasteiger partial charge in [-0.05, 0) is 64.9 Å². The van der Waals surface area contributed by atoms with Gasteiger partial charge >= 0.3 is 0 Å². The maximum absolute atomic E-state index is 13.0. The van der Waals surface area contributed by atoms with Gasteiger partial charge in [0.15, 0.2) is 16.6 Å². The molecule has 0 atom stereocenters. The lowest BCUT2D eigenvalue weighted by Gasteiger charge is -2.13. The Morgan fingerprint density at radius 2 is 2.00 bits per heavy atom. The van der Waals surface area contributed by atoms with Crippen molar-refractivity contribution in [1.82, 2.24) is 10.7 Å². The summed E-state index contributed by atoms with van der Waals surface area (Å²) in [6.07, 6.45) is 1.62. The summed E-state index contributed by atoms with van der Waals surface area (Å²) >= 11 is 8.54. The number of hydrogen-bond acceptors (Lipinski definition) is 4. The third-order valence-electron chi connectivity index (χ3n) is 3.30. The van der Waals surface area contributed by atoms with Crippen molar-refractivity contribution < 1.29 is 13.9 Å². The minimum Gasteiger partial charge on any atom is -0.493 e. The lowest BCUT2D eigenvalue weighted by Crippen LogP contribution is -2.31. The molecule has 0 heterocycles. The quantitative estimate of drug-likeness (QED) is 0.388. The lowest BCUT2D eigenvalue weighted by atomic mass is 10.2. The third-order valence-corrected chi connectivity index (χ3v) is 4.22. The molecular formula is C18H19BrFN3O2S. The molecule has 0 aromatic heterocycles. The van der Waals surface area contributed by atoms with E-state index in [2.05, 4.69) is 31.8 Å². The second-order valence-corrected chi connectivity index (χ2v) is 6.43. The van der Waals surface area contributed by atoms with Crippen LogP contribution in [0.2, 0.25) is 0 Å². The number of hydrogen-bond donors (Lipinski definition) is 2. The van der Waals surface area contributed by atoms with E-state index in [0.717, 1.165) is 22.1 Å². The van der Waals surface area contributed by atoms with Crippen molar-refractivity contribution in [1.29, 1.82) is 0 Å². The van der Waals surface area contributed by atoms with Crippen LogP contribution in [0.5, 0.6) is 11.5 Å². The highest BCUT2D eigenvalue weighted by Crippen LogP contribution is 2.33. The summed E-state index contributed by atoms with van der Waals surface area (Å²) in [5.41, 5.74) is 4.38. The van der Waals surface area contributed by atoms with E-state index < -0.39 is 0 Å². The van der Waals surface area contributed by atoms with E-state index in [0.29, 0.717) is 23.2 Å². The number of nitrogens with one attached hydrogen (secondary N) is 2. The monoisotopic (exact) mass is 439 g/mol.